The Morgan fingerprint density at radius 1 is 1.19 bits per heavy atom. The molecule has 0 spiro atoms. The number of hydrogen-bond donors (Lipinski definition) is 0. The third-order valence-electron chi connectivity index (χ3n) is 5.08. The molecule has 9 heteroatoms. The van der Waals surface area contributed by atoms with Crippen molar-refractivity contribution in [2.24, 2.45) is 0 Å². The molecule has 0 aromatic carbocycles. The maximum absolute atomic E-state index is 13.1. The Hall–Kier alpha value is -3.02. The summed E-state index contributed by atoms with van der Waals surface area (Å²) in [6.45, 7) is 3.32. The molecule has 1 fully saturated rings. The van der Waals surface area contributed by atoms with Crippen LogP contribution < -0.4 is 4.90 Å². The van der Waals surface area contributed by atoms with Crippen LogP contribution in [0, 0.1) is 11.3 Å². The first-order valence-corrected chi connectivity index (χ1v) is 8.93. The molecule has 4 rings (SSSR count). The molecule has 2 aromatic rings. The van der Waals surface area contributed by atoms with Crippen LogP contribution in [0.1, 0.15) is 36.6 Å². The van der Waals surface area contributed by atoms with Crippen LogP contribution >= 0.6 is 0 Å². The first-order chi connectivity index (χ1) is 12.8. The molecule has 1 saturated heterocycles. The summed E-state index contributed by atoms with van der Waals surface area (Å²) in [6, 6.07) is 5.71. The van der Waals surface area contributed by atoms with E-state index in [1.807, 2.05) is 4.90 Å². The predicted molar refractivity (Wildman–Crippen MR) is 92.2 cm³/mol. The molecule has 0 bridgehead atoms. The third kappa shape index (κ3) is 2.98. The summed E-state index contributed by atoms with van der Waals surface area (Å²) in [5.74, 6) is 1.22. The van der Waals surface area contributed by atoms with Crippen molar-refractivity contribution >= 4 is 11.7 Å². The van der Waals surface area contributed by atoms with E-state index in [9.17, 15) is 10.1 Å². The van der Waals surface area contributed by atoms with Gasteiger partial charge in [-0.15, -0.1) is 5.10 Å². The number of carbonyl (C=O) groups is 1. The Bertz CT molecular complexity index is 833. The van der Waals surface area contributed by atoms with Crippen LogP contribution in [-0.2, 0) is 11.3 Å². The van der Waals surface area contributed by atoms with Gasteiger partial charge in [-0.25, -0.2) is 9.67 Å². The van der Waals surface area contributed by atoms with Crippen LogP contribution in [-0.4, -0.2) is 62.2 Å². The molecule has 134 valence electrons. The van der Waals surface area contributed by atoms with E-state index in [-0.39, 0.29) is 11.8 Å². The van der Waals surface area contributed by atoms with Crippen molar-refractivity contribution in [3.05, 3.63) is 29.7 Å². The van der Waals surface area contributed by atoms with Gasteiger partial charge in [-0.05, 0) is 35.4 Å². The highest BCUT2D eigenvalue weighted by Gasteiger charge is 2.33. The minimum absolute atomic E-state index is 0.101. The van der Waals surface area contributed by atoms with Crippen molar-refractivity contribution in [3.63, 3.8) is 0 Å². The minimum atomic E-state index is -0.261. The summed E-state index contributed by atoms with van der Waals surface area (Å²) >= 11 is 0. The maximum atomic E-state index is 13.1. The topological polar surface area (TPSA) is 104 Å². The number of amides is 1. The second-order valence-electron chi connectivity index (χ2n) is 6.61. The molecule has 26 heavy (non-hydrogen) atoms. The second kappa shape index (κ2) is 7.07. The fraction of sp³-hybridized carbons (Fsp3) is 0.529. The van der Waals surface area contributed by atoms with Gasteiger partial charge in [-0.1, -0.05) is 6.42 Å². The Labute approximate surface area is 151 Å². The van der Waals surface area contributed by atoms with Crippen molar-refractivity contribution in [2.45, 2.75) is 31.7 Å². The number of aryl methyl sites for hydroxylation is 1. The summed E-state index contributed by atoms with van der Waals surface area (Å²) in [7, 11) is 0. The molecule has 2 aromatic heterocycles. The summed E-state index contributed by atoms with van der Waals surface area (Å²) in [4.78, 5) is 21.4. The summed E-state index contributed by atoms with van der Waals surface area (Å²) in [6.07, 6.45) is 4.46. The van der Waals surface area contributed by atoms with Crippen LogP contribution in [0.5, 0.6) is 0 Å². The number of hydrogen-bond acceptors (Lipinski definition) is 7. The highest BCUT2D eigenvalue weighted by molar-refractivity contribution is 5.83. The molecular formula is C17H20N8O. The van der Waals surface area contributed by atoms with E-state index in [4.69, 9.17) is 0 Å². The molecule has 2 aliphatic rings. The molecule has 0 aliphatic carbocycles. The zero-order valence-electron chi connectivity index (χ0n) is 14.5. The average molecular weight is 352 g/mol. The molecule has 1 amide bonds. The van der Waals surface area contributed by atoms with Gasteiger partial charge in [-0.3, -0.25) is 4.79 Å². The van der Waals surface area contributed by atoms with E-state index in [1.165, 1.54) is 0 Å². The molecule has 0 saturated carbocycles. The van der Waals surface area contributed by atoms with Gasteiger partial charge >= 0.3 is 0 Å². The number of fused-ring (bicyclic) bond motifs is 1. The quantitative estimate of drug-likeness (QED) is 0.777. The van der Waals surface area contributed by atoms with Crippen LogP contribution in [0.15, 0.2) is 18.3 Å². The van der Waals surface area contributed by atoms with Gasteiger partial charge in [0.1, 0.15) is 11.9 Å². The number of anilines is 1. The van der Waals surface area contributed by atoms with Crippen LogP contribution in [0.2, 0.25) is 0 Å². The minimum Gasteiger partial charge on any atom is -0.352 e. The van der Waals surface area contributed by atoms with Crippen LogP contribution in [0.3, 0.4) is 0 Å². The zero-order valence-corrected chi connectivity index (χ0v) is 14.5. The number of piperazine rings is 1. The lowest BCUT2D eigenvalue weighted by Gasteiger charge is -2.36. The van der Waals surface area contributed by atoms with Gasteiger partial charge in [0.2, 0.25) is 5.91 Å². The van der Waals surface area contributed by atoms with Crippen molar-refractivity contribution in [2.75, 3.05) is 31.1 Å². The standard InChI is InChI=1S/C17H20N8O/c18-12-13-4-3-6-19-15(13)23-8-10-24(11-9-23)17(26)14-5-1-2-7-25-16(14)20-21-22-25/h3-4,6,14H,1-2,5,7-11H2/t14-/m1/s1. The highest BCUT2D eigenvalue weighted by Crippen LogP contribution is 2.27. The van der Waals surface area contributed by atoms with Gasteiger partial charge in [0.25, 0.3) is 0 Å². The smallest absolute Gasteiger partial charge is 0.233 e. The van der Waals surface area contributed by atoms with Gasteiger partial charge < -0.3 is 9.80 Å². The first kappa shape index (κ1) is 16.4. The first-order valence-electron chi connectivity index (χ1n) is 8.93. The lowest BCUT2D eigenvalue weighted by atomic mass is 10.0. The summed E-state index contributed by atoms with van der Waals surface area (Å²) in [5, 5.41) is 21.1. The zero-order chi connectivity index (χ0) is 17.9. The van der Waals surface area contributed by atoms with Crippen LogP contribution in [0.4, 0.5) is 5.82 Å². The lowest BCUT2D eigenvalue weighted by Crippen LogP contribution is -2.50. The van der Waals surface area contributed by atoms with Gasteiger partial charge in [0, 0.05) is 38.9 Å². The summed E-state index contributed by atoms with van der Waals surface area (Å²) in [5.41, 5.74) is 0.565. The fourth-order valence-corrected chi connectivity index (χ4v) is 3.69. The van der Waals surface area contributed by atoms with E-state index in [2.05, 4.69) is 31.5 Å². The maximum Gasteiger partial charge on any atom is 0.233 e. The van der Waals surface area contributed by atoms with Crippen molar-refractivity contribution < 1.29 is 4.79 Å². The SMILES string of the molecule is N#Cc1cccnc1N1CCN(C(=O)[C@@H]2CCCCn3nnnc32)CC1. The van der Waals surface area contributed by atoms with Gasteiger partial charge in [0.05, 0.1) is 11.5 Å². The van der Waals surface area contributed by atoms with E-state index in [1.54, 1.807) is 23.0 Å². The number of nitrogens with zero attached hydrogens (tertiary/aromatic N) is 8. The Morgan fingerprint density at radius 3 is 2.85 bits per heavy atom. The van der Waals surface area contributed by atoms with Crippen LogP contribution in [0.25, 0.3) is 0 Å². The number of nitriles is 1. The molecule has 0 unspecified atom stereocenters. The number of aromatic nitrogens is 5. The molecule has 1 atom stereocenters. The van der Waals surface area contributed by atoms with Gasteiger partial charge in [0.15, 0.2) is 5.82 Å². The molecule has 2 aliphatic heterocycles. The Kier molecular flexibility index (Phi) is 4.48. The molecular weight excluding hydrogens is 332 g/mol. The average Bonchev–Trinajstić information content (AvgIpc) is 3.07. The lowest BCUT2D eigenvalue weighted by molar-refractivity contribution is -0.133. The largest absolute Gasteiger partial charge is 0.352 e. The fourth-order valence-electron chi connectivity index (χ4n) is 3.69. The Balaban J connectivity index is 1.45. The predicted octanol–water partition coefficient (Wildman–Crippen LogP) is 0.556. The third-order valence-corrected chi connectivity index (χ3v) is 5.08. The van der Waals surface area contributed by atoms with Crippen molar-refractivity contribution in [1.29, 1.82) is 5.26 Å². The number of rotatable bonds is 2. The number of pyridine rings is 1. The number of carbonyl (C=O) groups excluding carboxylic acids is 1. The second-order valence-corrected chi connectivity index (χ2v) is 6.61. The van der Waals surface area contributed by atoms with Gasteiger partial charge in [-0.2, -0.15) is 5.26 Å². The van der Waals surface area contributed by atoms with E-state index in [0.717, 1.165) is 25.8 Å². The van der Waals surface area contributed by atoms with E-state index >= 15 is 0 Å². The Morgan fingerprint density at radius 2 is 2.04 bits per heavy atom. The molecule has 4 heterocycles. The monoisotopic (exact) mass is 352 g/mol. The normalized spacial score (nSPS) is 20.2. The summed E-state index contributed by atoms with van der Waals surface area (Å²) < 4.78 is 1.76. The molecule has 0 N–H and O–H groups in total. The number of tetrazole rings is 1. The van der Waals surface area contributed by atoms with Crippen molar-refractivity contribution in [1.82, 2.24) is 30.1 Å². The molecule has 0 radical (unpaired) electrons. The van der Waals surface area contributed by atoms with E-state index in [0.29, 0.717) is 43.4 Å². The highest BCUT2D eigenvalue weighted by atomic mass is 16.2. The van der Waals surface area contributed by atoms with Crippen molar-refractivity contribution in [3.8, 4) is 6.07 Å². The van der Waals surface area contributed by atoms with E-state index < -0.39 is 0 Å². The molecule has 9 nitrogen and oxygen atoms in total.